The van der Waals surface area contributed by atoms with Crippen molar-refractivity contribution in [2.24, 2.45) is 12.8 Å². The third-order valence-electron chi connectivity index (χ3n) is 2.36. The Kier molecular flexibility index (Phi) is 3.81. The second-order valence-corrected chi connectivity index (χ2v) is 5.03. The molecule has 90 valence electrons. The molecule has 0 fully saturated rings. The Morgan fingerprint density at radius 2 is 2.24 bits per heavy atom. The van der Waals surface area contributed by atoms with Gasteiger partial charge in [-0.2, -0.15) is 0 Å². The Bertz CT molecular complexity index is 493. The van der Waals surface area contributed by atoms with E-state index in [1.54, 1.807) is 24.2 Å². The molecule has 4 nitrogen and oxygen atoms in total. The fraction of sp³-hybridized carbons (Fsp3) is 0.333. The van der Waals surface area contributed by atoms with E-state index >= 15 is 0 Å². The zero-order valence-electron chi connectivity index (χ0n) is 10.00. The summed E-state index contributed by atoms with van der Waals surface area (Å²) in [6.07, 6.45) is 6.35. The van der Waals surface area contributed by atoms with E-state index in [0.717, 1.165) is 16.6 Å². The molecule has 0 saturated carbocycles. The number of aryl methyl sites for hydroxylation is 1. The van der Waals surface area contributed by atoms with Crippen molar-refractivity contribution in [2.75, 3.05) is 0 Å². The van der Waals surface area contributed by atoms with Crippen LogP contribution in [0.2, 0.25) is 0 Å². The monoisotopic (exact) mass is 248 g/mol. The molecule has 17 heavy (non-hydrogen) atoms. The standard InChI is InChI=1S/C12H16N4S/c1-9(13)8-10-4-3-5-14-11(10)17-12-15-6-7-16(12)2/h3-7,9H,8,13H2,1-2H3. The van der Waals surface area contributed by atoms with Gasteiger partial charge in [-0.15, -0.1) is 0 Å². The summed E-state index contributed by atoms with van der Waals surface area (Å²) in [6.45, 7) is 2.00. The number of nitrogens with two attached hydrogens (primary N) is 1. The first kappa shape index (κ1) is 12.1. The van der Waals surface area contributed by atoms with Gasteiger partial charge in [0.15, 0.2) is 5.16 Å². The lowest BCUT2D eigenvalue weighted by Crippen LogP contribution is -2.18. The minimum atomic E-state index is 0.139. The Hall–Kier alpha value is -1.33. The van der Waals surface area contributed by atoms with Gasteiger partial charge in [0.1, 0.15) is 5.03 Å². The molecule has 0 aliphatic rings. The quantitative estimate of drug-likeness (QED) is 0.897. The van der Waals surface area contributed by atoms with E-state index in [4.69, 9.17) is 5.73 Å². The molecule has 5 heteroatoms. The number of pyridine rings is 1. The lowest BCUT2D eigenvalue weighted by atomic mass is 10.1. The molecule has 2 N–H and O–H groups in total. The van der Waals surface area contributed by atoms with Gasteiger partial charge in [-0.05, 0) is 36.7 Å². The molecule has 0 aliphatic carbocycles. The summed E-state index contributed by atoms with van der Waals surface area (Å²) < 4.78 is 1.98. The van der Waals surface area contributed by atoms with Gasteiger partial charge >= 0.3 is 0 Å². The number of nitrogens with zero attached hydrogens (tertiary/aromatic N) is 3. The molecule has 0 amide bonds. The molecule has 2 rings (SSSR count). The van der Waals surface area contributed by atoms with Crippen LogP contribution in [-0.2, 0) is 13.5 Å². The third kappa shape index (κ3) is 3.08. The van der Waals surface area contributed by atoms with Crippen molar-refractivity contribution in [3.63, 3.8) is 0 Å². The van der Waals surface area contributed by atoms with Crippen molar-refractivity contribution in [3.8, 4) is 0 Å². The third-order valence-corrected chi connectivity index (χ3v) is 3.49. The molecular formula is C12H16N4S. The SMILES string of the molecule is CC(N)Cc1cccnc1Sc1nccn1C. The van der Waals surface area contributed by atoms with Gasteiger partial charge in [0.05, 0.1) is 0 Å². The molecule has 0 aromatic carbocycles. The average molecular weight is 248 g/mol. The lowest BCUT2D eigenvalue weighted by Gasteiger charge is -2.09. The first-order valence-corrected chi connectivity index (χ1v) is 6.33. The zero-order chi connectivity index (χ0) is 12.3. The summed E-state index contributed by atoms with van der Waals surface area (Å²) in [4.78, 5) is 8.69. The smallest absolute Gasteiger partial charge is 0.174 e. The zero-order valence-corrected chi connectivity index (χ0v) is 10.8. The van der Waals surface area contributed by atoms with Gasteiger partial charge in [0, 0.05) is 31.7 Å². The van der Waals surface area contributed by atoms with Gasteiger partial charge in [0.2, 0.25) is 0 Å². The topological polar surface area (TPSA) is 56.7 Å². The molecule has 0 saturated heterocycles. The highest BCUT2D eigenvalue weighted by atomic mass is 32.2. The molecule has 0 aliphatic heterocycles. The van der Waals surface area contributed by atoms with Crippen LogP contribution in [0, 0.1) is 0 Å². The Morgan fingerprint density at radius 3 is 2.88 bits per heavy atom. The van der Waals surface area contributed by atoms with E-state index in [-0.39, 0.29) is 6.04 Å². The van der Waals surface area contributed by atoms with Gasteiger partial charge in [-0.1, -0.05) is 6.07 Å². The summed E-state index contributed by atoms with van der Waals surface area (Å²) in [7, 11) is 1.98. The summed E-state index contributed by atoms with van der Waals surface area (Å²) in [5, 5.41) is 1.92. The number of rotatable bonds is 4. The Morgan fingerprint density at radius 1 is 1.41 bits per heavy atom. The predicted molar refractivity (Wildman–Crippen MR) is 68.9 cm³/mol. The van der Waals surface area contributed by atoms with Crippen LogP contribution in [0.1, 0.15) is 12.5 Å². The van der Waals surface area contributed by atoms with Crippen LogP contribution in [0.15, 0.2) is 40.9 Å². The molecule has 1 unspecified atom stereocenters. The molecule has 2 heterocycles. The summed E-state index contributed by atoms with van der Waals surface area (Å²) in [5.74, 6) is 0. The van der Waals surface area contributed by atoms with Crippen LogP contribution >= 0.6 is 11.8 Å². The van der Waals surface area contributed by atoms with E-state index < -0.39 is 0 Å². The summed E-state index contributed by atoms with van der Waals surface area (Å²) in [5.41, 5.74) is 7.02. The highest BCUT2D eigenvalue weighted by molar-refractivity contribution is 7.99. The second kappa shape index (κ2) is 5.33. The number of aromatic nitrogens is 3. The van der Waals surface area contributed by atoms with Crippen molar-refractivity contribution in [2.45, 2.75) is 29.6 Å². The largest absolute Gasteiger partial charge is 0.329 e. The van der Waals surface area contributed by atoms with Gasteiger partial charge in [-0.25, -0.2) is 9.97 Å². The second-order valence-electron chi connectivity index (χ2n) is 4.07. The van der Waals surface area contributed by atoms with Crippen molar-refractivity contribution in [1.29, 1.82) is 0 Å². The molecule has 0 spiro atoms. The Balaban J connectivity index is 2.23. The maximum atomic E-state index is 5.84. The average Bonchev–Trinajstić information content (AvgIpc) is 2.67. The minimum Gasteiger partial charge on any atom is -0.329 e. The Labute approximate surface area is 105 Å². The highest BCUT2D eigenvalue weighted by Crippen LogP contribution is 2.27. The molecular weight excluding hydrogens is 232 g/mol. The fourth-order valence-corrected chi connectivity index (χ4v) is 2.44. The van der Waals surface area contributed by atoms with E-state index in [1.165, 1.54) is 5.56 Å². The summed E-state index contributed by atoms with van der Waals surface area (Å²) in [6, 6.07) is 4.15. The van der Waals surface area contributed by atoms with E-state index in [2.05, 4.69) is 16.0 Å². The van der Waals surface area contributed by atoms with Crippen LogP contribution in [0.5, 0.6) is 0 Å². The minimum absolute atomic E-state index is 0.139. The van der Waals surface area contributed by atoms with E-state index in [9.17, 15) is 0 Å². The van der Waals surface area contributed by atoms with Crippen molar-refractivity contribution < 1.29 is 0 Å². The molecule has 2 aromatic heterocycles. The maximum Gasteiger partial charge on any atom is 0.174 e. The lowest BCUT2D eigenvalue weighted by molar-refractivity contribution is 0.721. The van der Waals surface area contributed by atoms with Gasteiger partial charge in [-0.3, -0.25) is 0 Å². The number of hydrogen-bond acceptors (Lipinski definition) is 4. The predicted octanol–water partition coefficient (Wildman–Crippen LogP) is 1.86. The molecule has 0 bridgehead atoms. The van der Waals surface area contributed by atoms with E-state index in [0.29, 0.717) is 0 Å². The normalized spacial score (nSPS) is 12.6. The van der Waals surface area contributed by atoms with Gasteiger partial charge < -0.3 is 10.3 Å². The van der Waals surface area contributed by atoms with Crippen LogP contribution in [0.3, 0.4) is 0 Å². The van der Waals surface area contributed by atoms with Crippen molar-refractivity contribution >= 4 is 11.8 Å². The molecule has 0 radical (unpaired) electrons. The number of hydrogen-bond donors (Lipinski definition) is 1. The van der Waals surface area contributed by atoms with Crippen LogP contribution < -0.4 is 5.73 Å². The van der Waals surface area contributed by atoms with Gasteiger partial charge in [0.25, 0.3) is 0 Å². The first-order valence-electron chi connectivity index (χ1n) is 5.51. The first-order chi connectivity index (χ1) is 8.16. The summed E-state index contributed by atoms with van der Waals surface area (Å²) >= 11 is 1.57. The van der Waals surface area contributed by atoms with Crippen LogP contribution in [0.25, 0.3) is 0 Å². The highest BCUT2D eigenvalue weighted by Gasteiger charge is 2.09. The van der Waals surface area contributed by atoms with Crippen LogP contribution in [-0.4, -0.2) is 20.6 Å². The van der Waals surface area contributed by atoms with Crippen molar-refractivity contribution in [1.82, 2.24) is 14.5 Å². The van der Waals surface area contributed by atoms with Crippen molar-refractivity contribution in [3.05, 3.63) is 36.3 Å². The van der Waals surface area contributed by atoms with Crippen LogP contribution in [0.4, 0.5) is 0 Å². The van der Waals surface area contributed by atoms with E-state index in [1.807, 2.05) is 30.8 Å². The maximum absolute atomic E-state index is 5.84. The number of imidazole rings is 1. The fourth-order valence-electron chi connectivity index (χ4n) is 1.55. The molecule has 1 atom stereocenters. The molecule has 2 aromatic rings.